The van der Waals surface area contributed by atoms with Gasteiger partial charge >= 0.3 is 0 Å². The van der Waals surface area contributed by atoms with Gasteiger partial charge in [0, 0.05) is 16.8 Å². The molecule has 0 aliphatic heterocycles. The molecule has 0 saturated heterocycles. The summed E-state index contributed by atoms with van der Waals surface area (Å²) < 4.78 is 5.22. The fourth-order valence-corrected chi connectivity index (χ4v) is 2.75. The minimum Gasteiger partial charge on any atom is -0.497 e. The number of aromatic nitrogens is 2. The quantitative estimate of drug-likeness (QED) is 0.584. The maximum atomic E-state index is 10.3. The highest BCUT2D eigenvalue weighted by Crippen LogP contribution is 2.37. The van der Waals surface area contributed by atoms with Crippen molar-refractivity contribution < 1.29 is 9.84 Å². The fourth-order valence-electron chi connectivity index (χ4n) is 2.75. The van der Waals surface area contributed by atoms with Crippen molar-refractivity contribution in [1.82, 2.24) is 9.97 Å². The van der Waals surface area contributed by atoms with Gasteiger partial charge in [-0.2, -0.15) is 0 Å². The Kier molecular flexibility index (Phi) is 2.76. The van der Waals surface area contributed by atoms with E-state index in [9.17, 15) is 5.11 Å². The Morgan fingerprint density at radius 3 is 2.77 bits per heavy atom. The predicted molar refractivity (Wildman–Crippen MR) is 87.3 cm³/mol. The number of nitrogens with zero attached hydrogens (tertiary/aromatic N) is 1. The summed E-state index contributed by atoms with van der Waals surface area (Å²) >= 11 is 0. The van der Waals surface area contributed by atoms with E-state index in [1.807, 2.05) is 54.6 Å². The molecule has 0 fully saturated rings. The van der Waals surface area contributed by atoms with Crippen molar-refractivity contribution in [2.75, 3.05) is 7.11 Å². The minimum absolute atomic E-state index is 0.117. The summed E-state index contributed by atoms with van der Waals surface area (Å²) in [6.45, 7) is 0. The summed E-state index contributed by atoms with van der Waals surface area (Å²) in [6.07, 6.45) is 0. The number of hydrogen-bond acceptors (Lipinski definition) is 3. The van der Waals surface area contributed by atoms with Gasteiger partial charge in [-0.1, -0.05) is 24.3 Å². The lowest BCUT2D eigenvalue weighted by Gasteiger charge is -2.03. The van der Waals surface area contributed by atoms with E-state index in [0.29, 0.717) is 5.56 Å². The molecule has 108 valence electrons. The van der Waals surface area contributed by atoms with Gasteiger partial charge in [-0.15, -0.1) is 0 Å². The van der Waals surface area contributed by atoms with Gasteiger partial charge in [0.2, 0.25) is 0 Å². The zero-order chi connectivity index (χ0) is 15.1. The van der Waals surface area contributed by atoms with E-state index in [0.717, 1.165) is 33.2 Å². The molecule has 0 saturated carbocycles. The van der Waals surface area contributed by atoms with Crippen LogP contribution in [0.2, 0.25) is 0 Å². The predicted octanol–water partition coefficient (Wildman–Crippen LogP) is 4.10. The second-order valence-corrected chi connectivity index (χ2v) is 5.15. The van der Waals surface area contributed by atoms with E-state index >= 15 is 0 Å². The monoisotopic (exact) mass is 290 g/mol. The first-order chi connectivity index (χ1) is 10.8. The van der Waals surface area contributed by atoms with Gasteiger partial charge in [0.15, 0.2) is 5.88 Å². The lowest BCUT2D eigenvalue weighted by Crippen LogP contribution is -1.85. The molecule has 2 aromatic heterocycles. The number of nitrogens with one attached hydrogen (secondary N) is 1. The van der Waals surface area contributed by atoms with Gasteiger partial charge in [0.1, 0.15) is 5.75 Å². The molecular formula is C18H14N2O2. The van der Waals surface area contributed by atoms with Crippen LogP contribution in [0.5, 0.6) is 11.6 Å². The zero-order valence-electron chi connectivity index (χ0n) is 12.0. The lowest BCUT2D eigenvalue weighted by molar-refractivity contribution is 0.415. The molecule has 2 aromatic carbocycles. The molecule has 22 heavy (non-hydrogen) atoms. The van der Waals surface area contributed by atoms with Crippen LogP contribution in [0.25, 0.3) is 33.1 Å². The number of rotatable bonds is 2. The highest BCUT2D eigenvalue weighted by atomic mass is 16.5. The van der Waals surface area contributed by atoms with Crippen molar-refractivity contribution in [1.29, 1.82) is 0 Å². The number of pyridine rings is 1. The zero-order valence-corrected chi connectivity index (χ0v) is 12.0. The van der Waals surface area contributed by atoms with E-state index in [4.69, 9.17) is 4.74 Å². The second kappa shape index (κ2) is 4.77. The van der Waals surface area contributed by atoms with Crippen molar-refractivity contribution in [2.24, 2.45) is 0 Å². The number of aromatic hydroxyl groups is 1. The minimum atomic E-state index is 0.117. The third kappa shape index (κ3) is 1.89. The summed E-state index contributed by atoms with van der Waals surface area (Å²) in [5.41, 5.74) is 3.18. The van der Waals surface area contributed by atoms with Gasteiger partial charge in [-0.3, -0.25) is 0 Å². The van der Waals surface area contributed by atoms with Crippen LogP contribution in [0.1, 0.15) is 0 Å². The van der Waals surface area contributed by atoms with Gasteiger partial charge in [-0.25, -0.2) is 4.98 Å². The molecule has 0 atom stereocenters. The fraction of sp³-hybridized carbons (Fsp3) is 0.0556. The number of fused-ring (bicyclic) bond motifs is 2. The highest BCUT2D eigenvalue weighted by molar-refractivity contribution is 5.99. The Morgan fingerprint density at radius 2 is 1.91 bits per heavy atom. The van der Waals surface area contributed by atoms with E-state index in [1.54, 1.807) is 7.11 Å². The summed E-state index contributed by atoms with van der Waals surface area (Å²) in [6, 6.07) is 17.5. The molecule has 0 radical (unpaired) electrons. The smallest absolute Gasteiger partial charge is 0.199 e. The Hall–Kier alpha value is -3.01. The molecule has 0 bridgehead atoms. The third-order valence-electron chi connectivity index (χ3n) is 3.84. The van der Waals surface area contributed by atoms with Crippen molar-refractivity contribution >= 4 is 21.8 Å². The average Bonchev–Trinajstić information content (AvgIpc) is 2.89. The molecule has 0 spiro atoms. The third-order valence-corrected chi connectivity index (χ3v) is 3.84. The molecule has 0 aliphatic rings. The Labute approximate surface area is 127 Å². The van der Waals surface area contributed by atoms with Crippen molar-refractivity contribution in [3.05, 3.63) is 54.6 Å². The summed E-state index contributed by atoms with van der Waals surface area (Å²) in [5, 5.41) is 12.3. The van der Waals surface area contributed by atoms with Crippen molar-refractivity contribution in [3.8, 4) is 22.9 Å². The molecule has 4 heteroatoms. The number of H-pyrrole nitrogens is 1. The van der Waals surface area contributed by atoms with E-state index in [1.165, 1.54) is 0 Å². The average molecular weight is 290 g/mol. The van der Waals surface area contributed by atoms with E-state index < -0.39 is 0 Å². The molecule has 4 rings (SSSR count). The molecule has 4 aromatic rings. The molecule has 2 heterocycles. The van der Waals surface area contributed by atoms with Crippen molar-refractivity contribution in [3.63, 3.8) is 0 Å². The van der Waals surface area contributed by atoms with Gasteiger partial charge < -0.3 is 14.8 Å². The number of methoxy groups -OCH3 is 1. The Balaban J connectivity index is 1.97. The van der Waals surface area contributed by atoms with Crippen LogP contribution < -0.4 is 4.74 Å². The molecular weight excluding hydrogens is 276 g/mol. The van der Waals surface area contributed by atoms with E-state index in [2.05, 4.69) is 9.97 Å². The highest BCUT2D eigenvalue weighted by Gasteiger charge is 2.15. The first kappa shape index (κ1) is 12.7. The maximum Gasteiger partial charge on any atom is 0.199 e. The van der Waals surface area contributed by atoms with Gasteiger partial charge in [0.25, 0.3) is 0 Å². The van der Waals surface area contributed by atoms with Gasteiger partial charge in [-0.05, 0) is 24.3 Å². The van der Waals surface area contributed by atoms with Crippen LogP contribution in [0.15, 0.2) is 54.6 Å². The number of aromatic amines is 1. The molecule has 0 unspecified atom stereocenters. The van der Waals surface area contributed by atoms with E-state index in [-0.39, 0.29) is 5.88 Å². The summed E-state index contributed by atoms with van der Waals surface area (Å²) in [7, 11) is 1.62. The molecule has 0 aliphatic carbocycles. The van der Waals surface area contributed by atoms with Crippen LogP contribution in [0, 0.1) is 0 Å². The first-order valence-electron chi connectivity index (χ1n) is 7.01. The standard InChI is InChI=1S/C18H14N2O2/c1-22-12-7-8-13-16(10-12)20-18(21)17(13)15-9-6-11-4-2-3-5-14(11)19-15/h2-10,20-21H,1H3. The Morgan fingerprint density at radius 1 is 1.05 bits per heavy atom. The Bertz CT molecular complexity index is 989. The SMILES string of the molecule is COc1ccc2c(-c3ccc4ccccc4n3)c(O)[nH]c2c1. The maximum absolute atomic E-state index is 10.3. The number of hydrogen-bond donors (Lipinski definition) is 2. The van der Waals surface area contributed by atoms with Crippen LogP contribution in [-0.4, -0.2) is 22.2 Å². The van der Waals surface area contributed by atoms with Crippen LogP contribution in [-0.2, 0) is 0 Å². The summed E-state index contributed by atoms with van der Waals surface area (Å²) in [5.74, 6) is 0.859. The van der Waals surface area contributed by atoms with Crippen LogP contribution >= 0.6 is 0 Å². The molecule has 2 N–H and O–H groups in total. The molecule has 4 nitrogen and oxygen atoms in total. The molecule has 0 amide bonds. The number of para-hydroxylation sites is 1. The van der Waals surface area contributed by atoms with Gasteiger partial charge in [0.05, 0.1) is 29.4 Å². The van der Waals surface area contributed by atoms with Crippen molar-refractivity contribution in [2.45, 2.75) is 0 Å². The number of benzene rings is 2. The normalized spacial score (nSPS) is 11.1. The first-order valence-corrected chi connectivity index (χ1v) is 7.01. The topological polar surface area (TPSA) is 58.1 Å². The largest absolute Gasteiger partial charge is 0.497 e. The lowest BCUT2D eigenvalue weighted by atomic mass is 10.1. The summed E-state index contributed by atoms with van der Waals surface area (Å²) in [4.78, 5) is 7.64. The van der Waals surface area contributed by atoms with Crippen LogP contribution in [0.4, 0.5) is 0 Å². The second-order valence-electron chi connectivity index (χ2n) is 5.15. The van der Waals surface area contributed by atoms with Crippen LogP contribution in [0.3, 0.4) is 0 Å². The number of ether oxygens (including phenoxy) is 1.